The first kappa shape index (κ1) is 13.0. The Morgan fingerprint density at radius 3 is 2.65 bits per heavy atom. The number of hydrogen-bond acceptors (Lipinski definition) is 4. The van der Waals surface area contributed by atoms with Crippen LogP contribution in [-0.4, -0.2) is 31.1 Å². The van der Waals surface area contributed by atoms with Crippen molar-refractivity contribution in [1.82, 2.24) is 4.98 Å². The molecule has 2 heterocycles. The van der Waals surface area contributed by atoms with Gasteiger partial charge >= 0.3 is 0 Å². The summed E-state index contributed by atoms with van der Waals surface area (Å²) in [5.74, 6) is 0.187. The minimum absolute atomic E-state index is 0.0585. The second-order valence-corrected chi connectivity index (χ2v) is 6.63. The fourth-order valence-electron chi connectivity index (χ4n) is 2.32. The highest BCUT2D eigenvalue weighted by atomic mass is 32.2. The summed E-state index contributed by atoms with van der Waals surface area (Å²) in [4.78, 5) is 17.7. The molecule has 1 atom stereocenters. The van der Waals surface area contributed by atoms with Crippen molar-refractivity contribution in [3.63, 3.8) is 0 Å². The molecule has 0 aliphatic carbocycles. The summed E-state index contributed by atoms with van der Waals surface area (Å²) in [5.41, 5.74) is 0.761. The first-order valence-electron chi connectivity index (χ1n) is 6.13. The number of aromatic nitrogens is 1. The van der Waals surface area contributed by atoms with Gasteiger partial charge < -0.3 is 0 Å². The lowest BCUT2D eigenvalue weighted by atomic mass is 10.2. The van der Waals surface area contributed by atoms with Gasteiger partial charge in [0.15, 0.2) is 0 Å². The van der Waals surface area contributed by atoms with E-state index >= 15 is 0 Å². The molecule has 2 aromatic rings. The fraction of sp³-hybridized carbons (Fsp3) is 0.231. The van der Waals surface area contributed by atoms with Crippen LogP contribution in [0.3, 0.4) is 0 Å². The molecule has 7 heteroatoms. The molecular weight excluding hydrogens is 278 g/mol. The molecular formula is C13H13N3O3S. The van der Waals surface area contributed by atoms with Crippen molar-refractivity contribution in [2.24, 2.45) is 5.14 Å². The van der Waals surface area contributed by atoms with Gasteiger partial charge in [-0.15, -0.1) is 0 Å². The number of rotatable bonds is 2. The van der Waals surface area contributed by atoms with Crippen LogP contribution in [0.1, 0.15) is 6.42 Å². The van der Waals surface area contributed by atoms with Crippen molar-refractivity contribution >= 4 is 32.7 Å². The summed E-state index contributed by atoms with van der Waals surface area (Å²) >= 11 is 0. The van der Waals surface area contributed by atoms with Crippen LogP contribution in [-0.2, 0) is 14.8 Å². The molecule has 0 spiro atoms. The van der Waals surface area contributed by atoms with E-state index in [2.05, 4.69) is 4.98 Å². The van der Waals surface area contributed by atoms with Crippen LogP contribution >= 0.6 is 0 Å². The Hall–Kier alpha value is -1.99. The maximum atomic E-state index is 11.9. The van der Waals surface area contributed by atoms with E-state index in [0.29, 0.717) is 5.82 Å². The third-order valence-corrected chi connectivity index (χ3v) is 4.66. The number of carbonyl (C=O) groups excluding carboxylic acids is 1. The molecule has 1 amide bonds. The van der Waals surface area contributed by atoms with E-state index < -0.39 is 15.3 Å². The molecule has 104 valence electrons. The number of pyridine rings is 1. The van der Waals surface area contributed by atoms with Gasteiger partial charge in [-0.3, -0.25) is 9.69 Å². The molecule has 1 fully saturated rings. The maximum absolute atomic E-state index is 11.9. The summed E-state index contributed by atoms with van der Waals surface area (Å²) in [6.07, 6.45) is -0.0899. The molecule has 3 rings (SSSR count). The van der Waals surface area contributed by atoms with Crippen molar-refractivity contribution in [2.75, 3.05) is 11.4 Å². The molecule has 1 aliphatic heterocycles. The highest BCUT2D eigenvalue weighted by molar-refractivity contribution is 7.89. The molecule has 20 heavy (non-hydrogen) atoms. The van der Waals surface area contributed by atoms with Crippen molar-refractivity contribution in [3.05, 3.63) is 36.4 Å². The zero-order valence-electron chi connectivity index (χ0n) is 10.6. The average molecular weight is 291 g/mol. The van der Waals surface area contributed by atoms with Crippen LogP contribution in [0.2, 0.25) is 0 Å². The number of para-hydroxylation sites is 1. The SMILES string of the molecule is NS(=O)(=O)C1CC(=O)N(c2ccc3ccccc3n2)C1. The monoisotopic (exact) mass is 291 g/mol. The van der Waals surface area contributed by atoms with Crippen LogP contribution < -0.4 is 10.0 Å². The van der Waals surface area contributed by atoms with Crippen molar-refractivity contribution in [3.8, 4) is 0 Å². The predicted molar refractivity (Wildman–Crippen MR) is 75.6 cm³/mol. The topological polar surface area (TPSA) is 93.4 Å². The average Bonchev–Trinajstić information content (AvgIpc) is 2.80. The molecule has 1 aromatic heterocycles. The van der Waals surface area contributed by atoms with Gasteiger partial charge in [0.2, 0.25) is 15.9 Å². The number of amides is 1. The van der Waals surface area contributed by atoms with E-state index in [4.69, 9.17) is 5.14 Å². The lowest BCUT2D eigenvalue weighted by molar-refractivity contribution is -0.117. The van der Waals surface area contributed by atoms with Crippen molar-refractivity contribution in [1.29, 1.82) is 0 Å². The normalized spacial score (nSPS) is 19.8. The predicted octanol–water partition coefficient (Wildman–Crippen LogP) is 0.629. The Morgan fingerprint density at radius 1 is 1.20 bits per heavy atom. The molecule has 1 aliphatic rings. The highest BCUT2D eigenvalue weighted by Gasteiger charge is 2.37. The summed E-state index contributed by atoms with van der Waals surface area (Å²) in [7, 11) is -3.71. The van der Waals surface area contributed by atoms with E-state index in [9.17, 15) is 13.2 Å². The Bertz CT molecular complexity index is 788. The molecule has 1 unspecified atom stereocenters. The number of fused-ring (bicyclic) bond motifs is 1. The lowest BCUT2D eigenvalue weighted by Crippen LogP contribution is -2.32. The maximum Gasteiger partial charge on any atom is 0.229 e. The molecule has 1 saturated heterocycles. The van der Waals surface area contributed by atoms with E-state index in [-0.39, 0.29) is 18.9 Å². The number of sulfonamides is 1. The van der Waals surface area contributed by atoms with Gasteiger partial charge in [0.25, 0.3) is 0 Å². The van der Waals surface area contributed by atoms with Gasteiger partial charge in [0, 0.05) is 18.4 Å². The Balaban J connectivity index is 1.97. The highest BCUT2D eigenvalue weighted by Crippen LogP contribution is 2.24. The number of hydrogen-bond donors (Lipinski definition) is 1. The fourth-order valence-corrected chi connectivity index (χ4v) is 3.05. The second kappa shape index (κ2) is 4.53. The number of primary sulfonamides is 1. The van der Waals surface area contributed by atoms with Crippen LogP contribution in [0.5, 0.6) is 0 Å². The van der Waals surface area contributed by atoms with Crippen molar-refractivity contribution < 1.29 is 13.2 Å². The minimum Gasteiger partial charge on any atom is -0.295 e. The molecule has 1 aromatic carbocycles. The first-order chi connectivity index (χ1) is 9.45. The van der Waals surface area contributed by atoms with E-state index in [1.54, 1.807) is 6.07 Å². The van der Waals surface area contributed by atoms with Gasteiger partial charge in [-0.2, -0.15) is 0 Å². The first-order valence-corrected chi connectivity index (χ1v) is 7.74. The van der Waals surface area contributed by atoms with Crippen LogP contribution in [0, 0.1) is 0 Å². The number of carbonyl (C=O) groups is 1. The third-order valence-electron chi connectivity index (χ3n) is 3.41. The zero-order valence-corrected chi connectivity index (χ0v) is 11.4. The van der Waals surface area contributed by atoms with Gasteiger partial charge in [-0.1, -0.05) is 18.2 Å². The molecule has 0 bridgehead atoms. The largest absolute Gasteiger partial charge is 0.295 e. The standard InChI is InChI=1S/C13H13N3O3S/c14-20(18,19)10-7-13(17)16(8-10)12-6-5-9-3-1-2-4-11(9)15-12/h1-6,10H,7-8H2,(H2,14,18,19). The minimum atomic E-state index is -3.71. The molecule has 6 nitrogen and oxygen atoms in total. The van der Waals surface area contributed by atoms with Crippen molar-refractivity contribution in [2.45, 2.75) is 11.7 Å². The number of benzene rings is 1. The van der Waals surface area contributed by atoms with E-state index in [0.717, 1.165) is 10.9 Å². The van der Waals surface area contributed by atoms with Crippen LogP contribution in [0.15, 0.2) is 36.4 Å². The molecule has 0 radical (unpaired) electrons. The third kappa shape index (κ3) is 2.25. The smallest absolute Gasteiger partial charge is 0.229 e. The van der Waals surface area contributed by atoms with Gasteiger partial charge in [-0.25, -0.2) is 18.5 Å². The lowest BCUT2D eigenvalue weighted by Gasteiger charge is -2.15. The quantitative estimate of drug-likeness (QED) is 0.878. The second-order valence-electron chi connectivity index (χ2n) is 4.78. The van der Waals surface area contributed by atoms with Crippen LogP contribution in [0.25, 0.3) is 10.9 Å². The zero-order chi connectivity index (χ0) is 14.3. The summed E-state index contributed by atoms with van der Waals surface area (Å²) in [6.45, 7) is 0.0585. The number of nitrogens with zero attached hydrogens (tertiary/aromatic N) is 2. The molecule has 2 N–H and O–H groups in total. The van der Waals surface area contributed by atoms with Gasteiger partial charge in [0.05, 0.1) is 5.52 Å². The number of nitrogens with two attached hydrogens (primary N) is 1. The van der Waals surface area contributed by atoms with Gasteiger partial charge in [0.1, 0.15) is 11.1 Å². The van der Waals surface area contributed by atoms with Gasteiger partial charge in [-0.05, 0) is 18.2 Å². The Labute approximate surface area is 116 Å². The Morgan fingerprint density at radius 2 is 1.95 bits per heavy atom. The summed E-state index contributed by atoms with van der Waals surface area (Å²) < 4.78 is 22.7. The Kier molecular flexibility index (Phi) is 2.95. The molecule has 0 saturated carbocycles. The summed E-state index contributed by atoms with van der Waals surface area (Å²) in [6, 6.07) is 11.1. The van der Waals surface area contributed by atoms with E-state index in [1.165, 1.54) is 4.90 Å². The summed E-state index contributed by atoms with van der Waals surface area (Å²) in [5, 5.41) is 5.21. The number of anilines is 1. The van der Waals surface area contributed by atoms with E-state index in [1.807, 2.05) is 30.3 Å². The van der Waals surface area contributed by atoms with Crippen LogP contribution in [0.4, 0.5) is 5.82 Å².